The van der Waals surface area contributed by atoms with Crippen LogP contribution in [-0.2, 0) is 13.0 Å². The second-order valence-corrected chi connectivity index (χ2v) is 7.20. The van der Waals surface area contributed by atoms with Crippen molar-refractivity contribution in [2.24, 2.45) is 0 Å². The first-order valence-electron chi connectivity index (χ1n) is 9.61. The van der Waals surface area contributed by atoms with E-state index in [2.05, 4.69) is 0 Å². The molecule has 1 heterocycles. The van der Waals surface area contributed by atoms with Crippen molar-refractivity contribution >= 4 is 16.6 Å². The molecule has 1 aliphatic carbocycles. The van der Waals surface area contributed by atoms with E-state index in [0.717, 1.165) is 28.0 Å². The lowest BCUT2D eigenvalue weighted by Gasteiger charge is -2.15. The molecule has 0 radical (unpaired) electrons. The molecule has 0 unspecified atom stereocenters. The first kappa shape index (κ1) is 17.4. The number of methoxy groups -OCH3 is 1. The summed E-state index contributed by atoms with van der Waals surface area (Å²) in [5.41, 5.74) is 3.93. The lowest BCUT2D eigenvalue weighted by atomic mass is 10.0. The highest BCUT2D eigenvalue weighted by Crippen LogP contribution is 2.39. The molecule has 29 heavy (non-hydrogen) atoms. The van der Waals surface area contributed by atoms with E-state index in [1.54, 1.807) is 17.7 Å². The fourth-order valence-electron chi connectivity index (χ4n) is 4.18. The van der Waals surface area contributed by atoms with Crippen molar-refractivity contribution in [1.29, 1.82) is 0 Å². The monoisotopic (exact) mass is 381 g/mol. The van der Waals surface area contributed by atoms with Crippen molar-refractivity contribution in [3.05, 3.63) is 99.8 Å². The Hall–Kier alpha value is -3.66. The van der Waals surface area contributed by atoms with Gasteiger partial charge < -0.3 is 9.30 Å². The van der Waals surface area contributed by atoms with Gasteiger partial charge in [0.25, 0.3) is 5.56 Å². The van der Waals surface area contributed by atoms with Crippen LogP contribution in [0.1, 0.15) is 21.5 Å². The molecule has 4 aromatic rings. The third-order valence-electron chi connectivity index (χ3n) is 5.62. The van der Waals surface area contributed by atoms with Crippen LogP contribution in [0.3, 0.4) is 0 Å². The molecule has 0 bridgehead atoms. The predicted octanol–water partition coefficient (Wildman–Crippen LogP) is 4.46. The first-order chi connectivity index (χ1) is 14.2. The van der Waals surface area contributed by atoms with Crippen LogP contribution in [-0.4, -0.2) is 17.5 Å². The van der Waals surface area contributed by atoms with E-state index < -0.39 is 0 Å². The number of hydrogen-bond donors (Lipinski definition) is 0. The summed E-state index contributed by atoms with van der Waals surface area (Å²) in [6.07, 6.45) is 0.686. The van der Waals surface area contributed by atoms with Gasteiger partial charge in [-0.3, -0.25) is 9.59 Å². The van der Waals surface area contributed by atoms with Gasteiger partial charge in [-0.15, -0.1) is 0 Å². The molecular formula is C25H19NO3. The Morgan fingerprint density at radius 2 is 1.45 bits per heavy atom. The molecule has 4 heteroatoms. The van der Waals surface area contributed by atoms with Gasteiger partial charge in [0.15, 0.2) is 5.78 Å². The summed E-state index contributed by atoms with van der Waals surface area (Å²) in [5.74, 6) is 0.794. The zero-order chi connectivity index (χ0) is 20.0. The second-order valence-electron chi connectivity index (χ2n) is 7.20. The van der Waals surface area contributed by atoms with Crippen LogP contribution in [0.25, 0.3) is 22.0 Å². The quantitative estimate of drug-likeness (QED) is 0.462. The summed E-state index contributed by atoms with van der Waals surface area (Å²) in [6, 6.07) is 22.8. The van der Waals surface area contributed by atoms with Gasteiger partial charge in [-0.05, 0) is 30.2 Å². The molecule has 0 aliphatic heterocycles. The van der Waals surface area contributed by atoms with E-state index in [-0.39, 0.29) is 11.3 Å². The number of ketones is 1. The van der Waals surface area contributed by atoms with E-state index in [1.165, 1.54) is 0 Å². The van der Waals surface area contributed by atoms with Crippen molar-refractivity contribution < 1.29 is 9.53 Å². The third-order valence-corrected chi connectivity index (χ3v) is 5.62. The van der Waals surface area contributed by atoms with Crippen molar-refractivity contribution in [3.63, 3.8) is 0 Å². The van der Waals surface area contributed by atoms with E-state index >= 15 is 0 Å². The van der Waals surface area contributed by atoms with Gasteiger partial charge in [0, 0.05) is 28.4 Å². The minimum Gasteiger partial charge on any atom is -0.497 e. The zero-order valence-corrected chi connectivity index (χ0v) is 16.0. The van der Waals surface area contributed by atoms with Gasteiger partial charge in [-0.25, -0.2) is 0 Å². The Balaban J connectivity index is 1.69. The lowest BCUT2D eigenvalue weighted by Crippen LogP contribution is -2.24. The summed E-state index contributed by atoms with van der Waals surface area (Å²) in [5, 5.41) is 1.32. The van der Waals surface area contributed by atoms with Crippen LogP contribution in [0.2, 0.25) is 0 Å². The van der Waals surface area contributed by atoms with E-state index in [0.29, 0.717) is 29.5 Å². The first-order valence-corrected chi connectivity index (χ1v) is 9.61. The van der Waals surface area contributed by atoms with Gasteiger partial charge >= 0.3 is 0 Å². The molecule has 1 aromatic heterocycles. The third kappa shape index (κ3) is 2.68. The summed E-state index contributed by atoms with van der Waals surface area (Å²) in [6.45, 7) is 0.500. The van der Waals surface area contributed by atoms with Crippen LogP contribution < -0.4 is 10.3 Å². The minimum atomic E-state index is -0.0580. The van der Waals surface area contributed by atoms with E-state index in [1.807, 2.05) is 66.7 Å². The maximum absolute atomic E-state index is 13.4. The Morgan fingerprint density at radius 1 is 0.793 bits per heavy atom. The molecule has 3 aromatic carbocycles. The van der Waals surface area contributed by atoms with Crippen LogP contribution in [0, 0.1) is 0 Å². The number of hydrogen-bond acceptors (Lipinski definition) is 3. The standard InChI is InChI=1S/C25H19NO3/c1-29-17-12-10-16(11-13-17)14-15-26-23-19-7-3-4-8-20(19)24(27)22(23)18-6-2-5-9-21(18)25(26)28/h2-13H,14-15H2,1H3. The molecule has 0 atom stereocenters. The zero-order valence-electron chi connectivity index (χ0n) is 16.0. The second kappa shape index (κ2) is 6.74. The SMILES string of the molecule is COc1ccc(CCn2c3c(c4ccccc4c2=O)C(=O)c2ccccc2-3)cc1. The number of pyridine rings is 1. The smallest absolute Gasteiger partial charge is 0.258 e. The van der Waals surface area contributed by atoms with Gasteiger partial charge in [0.2, 0.25) is 0 Å². The highest BCUT2D eigenvalue weighted by atomic mass is 16.5. The number of ether oxygens (including phenoxy) is 1. The number of benzene rings is 3. The Kier molecular flexibility index (Phi) is 4.06. The summed E-state index contributed by atoms with van der Waals surface area (Å²) < 4.78 is 6.99. The molecule has 0 saturated heterocycles. The number of aryl methyl sites for hydroxylation is 1. The molecule has 0 fully saturated rings. The molecule has 0 amide bonds. The van der Waals surface area contributed by atoms with E-state index in [9.17, 15) is 9.59 Å². The largest absolute Gasteiger partial charge is 0.497 e. The predicted molar refractivity (Wildman–Crippen MR) is 114 cm³/mol. The summed E-state index contributed by atoms with van der Waals surface area (Å²) >= 11 is 0. The molecule has 4 nitrogen and oxygen atoms in total. The fraction of sp³-hybridized carbons (Fsp3) is 0.120. The maximum atomic E-state index is 13.4. The van der Waals surface area contributed by atoms with Crippen molar-refractivity contribution in [2.75, 3.05) is 7.11 Å². The number of nitrogens with zero attached hydrogens (tertiary/aromatic N) is 1. The Labute approximate surface area is 168 Å². The molecule has 5 rings (SSSR count). The fourth-order valence-corrected chi connectivity index (χ4v) is 4.18. The Bertz CT molecular complexity index is 1320. The normalized spacial score (nSPS) is 12.1. The molecule has 142 valence electrons. The Morgan fingerprint density at radius 3 is 2.17 bits per heavy atom. The molecule has 1 aliphatic rings. The van der Waals surface area contributed by atoms with Crippen molar-refractivity contribution in [2.45, 2.75) is 13.0 Å². The van der Waals surface area contributed by atoms with Gasteiger partial charge in [0.1, 0.15) is 5.75 Å². The van der Waals surface area contributed by atoms with Gasteiger partial charge in [-0.2, -0.15) is 0 Å². The minimum absolute atomic E-state index is 0.00926. The summed E-state index contributed by atoms with van der Waals surface area (Å²) in [7, 11) is 1.64. The molecule has 0 saturated carbocycles. The maximum Gasteiger partial charge on any atom is 0.258 e. The number of carbonyl (C=O) groups is 1. The van der Waals surface area contributed by atoms with Gasteiger partial charge in [-0.1, -0.05) is 54.6 Å². The van der Waals surface area contributed by atoms with Crippen molar-refractivity contribution in [1.82, 2.24) is 4.57 Å². The highest BCUT2D eigenvalue weighted by molar-refractivity contribution is 6.26. The lowest BCUT2D eigenvalue weighted by molar-refractivity contribution is 0.104. The average Bonchev–Trinajstić information content (AvgIpc) is 3.07. The van der Waals surface area contributed by atoms with Crippen LogP contribution >= 0.6 is 0 Å². The number of rotatable bonds is 4. The molecule has 0 spiro atoms. The van der Waals surface area contributed by atoms with Crippen LogP contribution in [0.4, 0.5) is 0 Å². The van der Waals surface area contributed by atoms with Crippen LogP contribution in [0.5, 0.6) is 5.75 Å². The topological polar surface area (TPSA) is 48.3 Å². The number of aromatic nitrogens is 1. The molecule has 0 N–H and O–H groups in total. The number of carbonyl (C=O) groups excluding carboxylic acids is 1. The van der Waals surface area contributed by atoms with Crippen molar-refractivity contribution in [3.8, 4) is 17.0 Å². The molecular weight excluding hydrogens is 362 g/mol. The highest BCUT2D eigenvalue weighted by Gasteiger charge is 2.32. The van der Waals surface area contributed by atoms with Crippen LogP contribution in [0.15, 0.2) is 77.6 Å². The van der Waals surface area contributed by atoms with E-state index in [4.69, 9.17) is 4.74 Å². The summed E-state index contributed by atoms with van der Waals surface area (Å²) in [4.78, 5) is 26.5. The average molecular weight is 381 g/mol. The number of fused-ring (bicyclic) bond motifs is 5. The van der Waals surface area contributed by atoms with Gasteiger partial charge in [0.05, 0.1) is 18.4 Å².